The van der Waals surface area contributed by atoms with Gasteiger partial charge in [-0.25, -0.2) is 4.79 Å². The van der Waals surface area contributed by atoms with E-state index in [1.807, 2.05) is 30.3 Å². The monoisotopic (exact) mass is 552 g/mol. The Morgan fingerprint density at radius 1 is 1.22 bits per heavy atom. The van der Waals surface area contributed by atoms with Crippen LogP contribution in [-0.4, -0.2) is 28.4 Å². The maximum absolute atomic E-state index is 11.9. The van der Waals surface area contributed by atoms with Gasteiger partial charge >= 0.3 is 6.16 Å². The third-order valence-corrected chi connectivity index (χ3v) is 6.64. The molecule has 0 aromatic heterocycles. The van der Waals surface area contributed by atoms with Crippen molar-refractivity contribution in [3.63, 3.8) is 0 Å². The number of hydrogen-bond acceptors (Lipinski definition) is 4. The minimum atomic E-state index is -1.79. The van der Waals surface area contributed by atoms with Crippen LogP contribution in [-0.2, 0) is 14.3 Å². The van der Waals surface area contributed by atoms with Gasteiger partial charge in [-0.1, -0.05) is 95.2 Å². The fourth-order valence-corrected chi connectivity index (χ4v) is 3.20. The Balaban J connectivity index is 2.65. The van der Waals surface area contributed by atoms with Crippen LogP contribution in [0.5, 0.6) is 0 Å². The summed E-state index contributed by atoms with van der Waals surface area (Å²) in [4.78, 5) is 23.1. The number of allylic oxidation sites excluding steroid dienone is 3. The molecule has 0 heterocycles. The molecule has 0 saturated carbocycles. The minimum Gasteiger partial charge on any atom is -0.430 e. The van der Waals surface area contributed by atoms with Crippen molar-refractivity contribution in [1.82, 2.24) is 0 Å². The summed E-state index contributed by atoms with van der Waals surface area (Å²) in [6, 6.07) is 7.88. The second-order valence-corrected chi connectivity index (χ2v) is 11.4. The Hall–Kier alpha value is -2.19. The van der Waals surface area contributed by atoms with Crippen molar-refractivity contribution in [2.45, 2.75) is 75.1 Å². The largest absolute Gasteiger partial charge is 0.509 e. The summed E-state index contributed by atoms with van der Waals surface area (Å²) in [6.45, 7) is 11.1. The lowest BCUT2D eigenvalue weighted by Gasteiger charge is -2.31. The highest BCUT2D eigenvalue weighted by Gasteiger charge is 2.44. The second kappa shape index (κ2) is 15.8. The first-order valence-corrected chi connectivity index (χ1v) is 12.9. The van der Waals surface area contributed by atoms with E-state index in [1.54, 1.807) is 6.08 Å². The van der Waals surface area contributed by atoms with E-state index in [4.69, 9.17) is 44.3 Å². The Kier molecular flexibility index (Phi) is 14.0. The third kappa shape index (κ3) is 12.7. The van der Waals surface area contributed by atoms with Crippen LogP contribution in [0, 0.1) is 11.8 Å². The molecule has 0 aliphatic heterocycles. The lowest BCUT2D eigenvalue weighted by atomic mass is 9.90. The number of hydrogen-bond donors (Lipinski definition) is 0. The summed E-state index contributed by atoms with van der Waals surface area (Å²) in [5.41, 5.74) is 2.84. The van der Waals surface area contributed by atoms with Crippen molar-refractivity contribution in [2.75, 3.05) is 6.61 Å². The zero-order valence-corrected chi connectivity index (χ0v) is 23.7. The number of carbonyl (C=O) groups is 2. The van der Waals surface area contributed by atoms with Gasteiger partial charge in [-0.15, -0.1) is 0 Å². The predicted octanol–water partition coefficient (Wildman–Crippen LogP) is 8.76. The molecule has 0 radical (unpaired) electrons. The molecule has 0 N–H and O–H groups in total. The summed E-state index contributed by atoms with van der Waals surface area (Å²) >= 11 is 17.4. The summed E-state index contributed by atoms with van der Waals surface area (Å²) in [7, 11) is 0. The summed E-state index contributed by atoms with van der Waals surface area (Å²) in [6.07, 6.45) is 9.38. The van der Waals surface area contributed by atoms with Crippen LogP contribution in [0.4, 0.5) is 4.79 Å². The number of ether oxygens (including phenoxy) is 2. The summed E-state index contributed by atoms with van der Waals surface area (Å²) < 4.78 is 8.33. The highest BCUT2D eigenvalue weighted by Crippen LogP contribution is 2.40. The van der Waals surface area contributed by atoms with E-state index in [-0.39, 0.29) is 12.5 Å². The Labute approximate surface area is 230 Å². The maximum Gasteiger partial charge on any atom is 0.509 e. The molecule has 0 aliphatic carbocycles. The second-order valence-electron chi connectivity index (χ2n) is 9.11. The van der Waals surface area contributed by atoms with Crippen LogP contribution in [0.3, 0.4) is 0 Å². The quantitative estimate of drug-likeness (QED) is 0.0853. The standard InChI is InChI=1S/C29H35Cl3O4/c1-22(2)11-8-13-23(3)12-6-7-16-25(18-19-33)26-17-9-14-24(21-26)15-10-20-35-27(34)36-28(4,5)29(30,31)32/h9-11,14-15,17,19,21,25H,3,7-8,13,16,18,20H2,1-2,4-5H3/b15-10+/t25-/m1/s1. The fraction of sp³-hybridized carbons (Fsp3) is 0.448. The average Bonchev–Trinajstić information content (AvgIpc) is 2.77. The van der Waals surface area contributed by atoms with E-state index in [2.05, 4.69) is 38.3 Å². The molecule has 0 saturated heterocycles. The van der Waals surface area contributed by atoms with E-state index in [9.17, 15) is 9.59 Å². The first-order valence-electron chi connectivity index (χ1n) is 11.8. The predicted molar refractivity (Wildman–Crippen MR) is 151 cm³/mol. The van der Waals surface area contributed by atoms with Crippen molar-refractivity contribution >= 4 is 53.3 Å². The molecular weight excluding hydrogens is 519 g/mol. The van der Waals surface area contributed by atoms with Gasteiger partial charge < -0.3 is 14.3 Å². The topological polar surface area (TPSA) is 52.6 Å². The molecule has 1 atom stereocenters. The Morgan fingerprint density at radius 2 is 1.94 bits per heavy atom. The molecule has 1 rings (SSSR count). The van der Waals surface area contributed by atoms with Crippen LogP contribution < -0.4 is 0 Å². The Morgan fingerprint density at radius 3 is 2.58 bits per heavy atom. The number of carbonyl (C=O) groups excluding carboxylic acids is 2. The molecule has 0 unspecified atom stereocenters. The molecule has 36 heavy (non-hydrogen) atoms. The van der Waals surface area contributed by atoms with Crippen molar-refractivity contribution in [2.24, 2.45) is 0 Å². The van der Waals surface area contributed by atoms with E-state index < -0.39 is 15.5 Å². The number of benzene rings is 1. The van der Waals surface area contributed by atoms with Gasteiger partial charge in [0.1, 0.15) is 12.9 Å². The van der Waals surface area contributed by atoms with E-state index in [0.29, 0.717) is 12.8 Å². The first kappa shape index (κ1) is 31.8. The fourth-order valence-electron chi connectivity index (χ4n) is 3.08. The molecule has 0 bridgehead atoms. The van der Waals surface area contributed by atoms with Crippen LogP contribution in [0.1, 0.15) is 76.8 Å². The van der Waals surface area contributed by atoms with Gasteiger partial charge in [0.2, 0.25) is 3.79 Å². The molecule has 1 aromatic rings. The molecule has 7 heteroatoms. The number of rotatable bonds is 12. The molecular formula is C29H35Cl3O4. The first-order chi connectivity index (χ1) is 16.9. The van der Waals surface area contributed by atoms with E-state index in [0.717, 1.165) is 42.2 Å². The van der Waals surface area contributed by atoms with Crippen LogP contribution in [0.25, 0.3) is 6.08 Å². The van der Waals surface area contributed by atoms with E-state index >= 15 is 0 Å². The molecule has 0 fully saturated rings. The van der Waals surface area contributed by atoms with Crippen molar-refractivity contribution in [3.05, 3.63) is 65.3 Å². The summed E-state index contributed by atoms with van der Waals surface area (Å²) in [5, 5.41) is 0. The average molecular weight is 554 g/mol. The molecule has 0 amide bonds. The van der Waals surface area contributed by atoms with Crippen LogP contribution in [0.15, 0.2) is 54.1 Å². The highest BCUT2D eigenvalue weighted by molar-refractivity contribution is 6.68. The SMILES string of the molecule is C=C(C#CCC[C@H](CC=O)c1cccc(/C=C/COC(=O)OC(C)(C)C(Cl)(Cl)Cl)c1)CCC=C(C)C. The minimum absolute atomic E-state index is 0.0101. The molecule has 1 aromatic carbocycles. The number of aldehydes is 1. The number of alkyl halides is 3. The maximum atomic E-state index is 11.9. The van der Waals surface area contributed by atoms with E-state index in [1.165, 1.54) is 19.4 Å². The van der Waals surface area contributed by atoms with Crippen LogP contribution >= 0.6 is 34.8 Å². The van der Waals surface area contributed by atoms with Gasteiger partial charge in [-0.3, -0.25) is 0 Å². The molecule has 4 nitrogen and oxygen atoms in total. The van der Waals surface area contributed by atoms with Gasteiger partial charge in [0.05, 0.1) is 0 Å². The van der Waals surface area contributed by atoms with Gasteiger partial charge in [0, 0.05) is 12.8 Å². The number of halogens is 3. The van der Waals surface area contributed by atoms with Crippen molar-refractivity contribution in [3.8, 4) is 11.8 Å². The zero-order chi connectivity index (χ0) is 27.2. The molecule has 0 spiro atoms. The molecule has 0 aliphatic rings. The van der Waals surface area contributed by atoms with Crippen molar-refractivity contribution < 1.29 is 19.1 Å². The third-order valence-electron chi connectivity index (χ3n) is 5.27. The highest BCUT2D eigenvalue weighted by atomic mass is 35.6. The lowest BCUT2D eigenvalue weighted by molar-refractivity contribution is -0.108. The van der Waals surface area contributed by atoms with Gasteiger partial charge in [-0.05, 0) is 75.7 Å². The summed E-state index contributed by atoms with van der Waals surface area (Å²) in [5.74, 6) is 6.39. The smallest absolute Gasteiger partial charge is 0.430 e. The Bertz CT molecular complexity index is 1000. The zero-order valence-electron chi connectivity index (χ0n) is 21.4. The van der Waals surface area contributed by atoms with Crippen molar-refractivity contribution in [1.29, 1.82) is 0 Å². The van der Waals surface area contributed by atoms with Gasteiger partial charge in [0.25, 0.3) is 0 Å². The van der Waals surface area contributed by atoms with Gasteiger partial charge in [-0.2, -0.15) is 0 Å². The van der Waals surface area contributed by atoms with Gasteiger partial charge in [0.15, 0.2) is 5.60 Å². The lowest BCUT2D eigenvalue weighted by Crippen LogP contribution is -2.41. The normalized spacial score (nSPS) is 12.3. The molecule has 196 valence electrons. The van der Waals surface area contributed by atoms with Crippen LogP contribution in [0.2, 0.25) is 0 Å².